The van der Waals surface area contributed by atoms with Gasteiger partial charge in [-0.15, -0.1) is 0 Å². The maximum Gasteiger partial charge on any atom is 0.355 e. The topological polar surface area (TPSA) is 51.3 Å². The molecular formula is C14H15NO3. The van der Waals surface area contributed by atoms with E-state index in [0.29, 0.717) is 12.3 Å². The first-order valence-electron chi connectivity index (χ1n) is 5.75. The number of esters is 1. The van der Waals surface area contributed by atoms with Crippen molar-refractivity contribution in [3.05, 3.63) is 42.2 Å². The average Bonchev–Trinajstić information content (AvgIpc) is 2.88. The smallest absolute Gasteiger partial charge is 0.355 e. The molecule has 1 aromatic carbocycles. The summed E-state index contributed by atoms with van der Waals surface area (Å²) in [6, 6.07) is 9.45. The number of carbonyl (C=O) groups excluding carboxylic acids is 1. The number of rotatable bonds is 4. The van der Waals surface area contributed by atoms with Crippen molar-refractivity contribution in [1.82, 2.24) is 4.98 Å². The fraction of sp³-hybridized carbons (Fsp3) is 0.214. The predicted molar refractivity (Wildman–Crippen MR) is 68.7 cm³/mol. The summed E-state index contributed by atoms with van der Waals surface area (Å²) in [5.74, 6) is 0.445. The number of hydrogen-bond donors (Lipinski definition) is 1. The quantitative estimate of drug-likeness (QED) is 0.843. The van der Waals surface area contributed by atoms with Gasteiger partial charge >= 0.3 is 5.97 Å². The van der Waals surface area contributed by atoms with Crippen molar-refractivity contribution >= 4 is 5.97 Å². The molecule has 0 fully saturated rings. The minimum absolute atomic E-state index is 0.371. The standard InChI is InChI=1S/C14H15NO3/c1-3-18-11-6-4-10(5-7-11)12-8-9-15-13(12)14(16)17-2/h4-9,15H,3H2,1-2H3. The van der Waals surface area contributed by atoms with Crippen LogP contribution < -0.4 is 4.74 Å². The number of aromatic nitrogens is 1. The summed E-state index contributed by atoms with van der Waals surface area (Å²) in [5.41, 5.74) is 2.23. The number of methoxy groups -OCH3 is 1. The summed E-state index contributed by atoms with van der Waals surface area (Å²) in [4.78, 5) is 14.4. The summed E-state index contributed by atoms with van der Waals surface area (Å²) in [6.07, 6.45) is 1.72. The molecule has 2 aromatic rings. The molecule has 94 valence electrons. The minimum Gasteiger partial charge on any atom is -0.494 e. The van der Waals surface area contributed by atoms with Crippen LogP contribution in [0.3, 0.4) is 0 Å². The molecule has 1 aromatic heterocycles. The van der Waals surface area contributed by atoms with Gasteiger partial charge in [0.1, 0.15) is 11.4 Å². The van der Waals surface area contributed by atoms with Crippen molar-refractivity contribution in [2.45, 2.75) is 6.92 Å². The number of H-pyrrole nitrogens is 1. The second-order valence-corrected chi connectivity index (χ2v) is 3.72. The van der Waals surface area contributed by atoms with E-state index in [9.17, 15) is 4.79 Å². The van der Waals surface area contributed by atoms with Gasteiger partial charge in [0, 0.05) is 11.8 Å². The van der Waals surface area contributed by atoms with E-state index in [1.54, 1.807) is 6.20 Å². The van der Waals surface area contributed by atoms with Gasteiger partial charge in [0.2, 0.25) is 0 Å². The van der Waals surface area contributed by atoms with Crippen molar-refractivity contribution < 1.29 is 14.3 Å². The molecule has 0 amide bonds. The highest BCUT2D eigenvalue weighted by atomic mass is 16.5. The van der Waals surface area contributed by atoms with Crippen molar-refractivity contribution in [2.24, 2.45) is 0 Å². The first-order chi connectivity index (χ1) is 8.76. The molecule has 0 spiro atoms. The summed E-state index contributed by atoms with van der Waals surface area (Å²) in [7, 11) is 1.37. The second kappa shape index (κ2) is 5.40. The van der Waals surface area contributed by atoms with Gasteiger partial charge in [-0.05, 0) is 30.7 Å². The van der Waals surface area contributed by atoms with Crippen LogP contribution in [0.15, 0.2) is 36.5 Å². The van der Waals surface area contributed by atoms with Gasteiger partial charge in [0.25, 0.3) is 0 Å². The highest BCUT2D eigenvalue weighted by molar-refractivity contribution is 5.95. The van der Waals surface area contributed by atoms with Crippen LogP contribution in [-0.4, -0.2) is 24.7 Å². The molecule has 18 heavy (non-hydrogen) atoms. The summed E-state index contributed by atoms with van der Waals surface area (Å²) in [6.45, 7) is 2.58. The number of nitrogens with one attached hydrogen (secondary N) is 1. The number of aromatic amines is 1. The van der Waals surface area contributed by atoms with Crippen LogP contribution in [0.1, 0.15) is 17.4 Å². The Hall–Kier alpha value is -2.23. The van der Waals surface area contributed by atoms with E-state index >= 15 is 0 Å². The summed E-state index contributed by atoms with van der Waals surface area (Å²) < 4.78 is 10.1. The molecule has 1 N–H and O–H groups in total. The Morgan fingerprint density at radius 3 is 2.56 bits per heavy atom. The molecule has 2 rings (SSSR count). The SMILES string of the molecule is CCOc1ccc(-c2cc[nH]c2C(=O)OC)cc1. The van der Waals surface area contributed by atoms with Crippen molar-refractivity contribution in [2.75, 3.05) is 13.7 Å². The largest absolute Gasteiger partial charge is 0.494 e. The molecule has 0 bridgehead atoms. The molecule has 0 saturated carbocycles. The lowest BCUT2D eigenvalue weighted by Crippen LogP contribution is -2.03. The van der Waals surface area contributed by atoms with E-state index in [1.165, 1.54) is 7.11 Å². The first kappa shape index (κ1) is 12.2. The highest BCUT2D eigenvalue weighted by Crippen LogP contribution is 2.25. The van der Waals surface area contributed by atoms with Crippen LogP contribution in [0.25, 0.3) is 11.1 Å². The average molecular weight is 245 g/mol. The van der Waals surface area contributed by atoms with Crippen LogP contribution in [-0.2, 0) is 4.74 Å². The Kier molecular flexibility index (Phi) is 3.67. The molecule has 4 heteroatoms. The Labute approximate surface area is 106 Å². The maximum absolute atomic E-state index is 11.6. The molecular weight excluding hydrogens is 230 g/mol. The molecule has 0 unspecified atom stereocenters. The number of carbonyl (C=O) groups is 1. The third kappa shape index (κ3) is 2.37. The second-order valence-electron chi connectivity index (χ2n) is 3.72. The van der Waals surface area contributed by atoms with E-state index in [-0.39, 0.29) is 5.97 Å². The third-order valence-electron chi connectivity index (χ3n) is 2.61. The van der Waals surface area contributed by atoms with Crippen molar-refractivity contribution in [3.63, 3.8) is 0 Å². The van der Waals surface area contributed by atoms with Crippen LogP contribution in [0.4, 0.5) is 0 Å². The van der Waals surface area contributed by atoms with Crippen LogP contribution in [0.2, 0.25) is 0 Å². The normalized spacial score (nSPS) is 10.1. The Bertz CT molecular complexity index is 528. The lowest BCUT2D eigenvalue weighted by atomic mass is 10.1. The van der Waals surface area contributed by atoms with Gasteiger partial charge in [0.15, 0.2) is 0 Å². The summed E-state index contributed by atoms with van der Waals surface area (Å²) >= 11 is 0. The maximum atomic E-state index is 11.6. The zero-order valence-corrected chi connectivity index (χ0v) is 10.4. The third-order valence-corrected chi connectivity index (χ3v) is 2.61. The molecule has 0 radical (unpaired) electrons. The lowest BCUT2D eigenvalue weighted by molar-refractivity contribution is 0.0596. The van der Waals surface area contributed by atoms with Crippen molar-refractivity contribution in [1.29, 1.82) is 0 Å². The van der Waals surface area contributed by atoms with E-state index < -0.39 is 0 Å². The Morgan fingerprint density at radius 1 is 1.22 bits per heavy atom. The van der Waals surface area contributed by atoms with Crippen LogP contribution in [0, 0.1) is 0 Å². The van der Waals surface area contributed by atoms with E-state index in [2.05, 4.69) is 4.98 Å². The fourth-order valence-electron chi connectivity index (χ4n) is 1.78. The Balaban J connectivity index is 2.31. The first-order valence-corrected chi connectivity index (χ1v) is 5.75. The monoisotopic (exact) mass is 245 g/mol. The molecule has 0 saturated heterocycles. The van der Waals surface area contributed by atoms with Gasteiger partial charge < -0.3 is 14.5 Å². The van der Waals surface area contributed by atoms with Gasteiger partial charge in [-0.2, -0.15) is 0 Å². The zero-order valence-electron chi connectivity index (χ0n) is 10.4. The molecule has 0 aliphatic heterocycles. The lowest BCUT2D eigenvalue weighted by Gasteiger charge is -2.05. The van der Waals surface area contributed by atoms with Gasteiger partial charge in [-0.25, -0.2) is 4.79 Å². The van der Waals surface area contributed by atoms with E-state index in [0.717, 1.165) is 16.9 Å². The van der Waals surface area contributed by atoms with Crippen LogP contribution >= 0.6 is 0 Å². The predicted octanol–water partition coefficient (Wildman–Crippen LogP) is 2.87. The number of ether oxygens (including phenoxy) is 2. The molecule has 1 heterocycles. The van der Waals surface area contributed by atoms with Crippen LogP contribution in [0.5, 0.6) is 5.75 Å². The number of hydrogen-bond acceptors (Lipinski definition) is 3. The summed E-state index contributed by atoms with van der Waals surface area (Å²) in [5, 5.41) is 0. The fourth-order valence-corrected chi connectivity index (χ4v) is 1.78. The van der Waals surface area contributed by atoms with E-state index in [4.69, 9.17) is 9.47 Å². The molecule has 0 aliphatic carbocycles. The molecule has 0 atom stereocenters. The number of benzene rings is 1. The molecule has 0 aliphatic rings. The highest BCUT2D eigenvalue weighted by Gasteiger charge is 2.14. The Morgan fingerprint density at radius 2 is 1.94 bits per heavy atom. The minimum atomic E-state index is -0.371. The zero-order chi connectivity index (χ0) is 13.0. The van der Waals surface area contributed by atoms with Crippen molar-refractivity contribution in [3.8, 4) is 16.9 Å². The van der Waals surface area contributed by atoms with Gasteiger partial charge in [-0.1, -0.05) is 12.1 Å². The van der Waals surface area contributed by atoms with E-state index in [1.807, 2.05) is 37.3 Å². The van der Waals surface area contributed by atoms with Gasteiger partial charge in [0.05, 0.1) is 13.7 Å². The molecule has 4 nitrogen and oxygen atoms in total. The van der Waals surface area contributed by atoms with Gasteiger partial charge in [-0.3, -0.25) is 0 Å².